The SMILES string of the molecule is CCS(=O)(=O)c1ccc(O)c(NC(=O)C(C)n2cc([N+](=O)[O-])cn2)c1. The number of aromatic hydroxyl groups is 1. The Morgan fingerprint density at radius 1 is 1.48 bits per heavy atom. The summed E-state index contributed by atoms with van der Waals surface area (Å²) in [7, 11) is -3.51. The van der Waals surface area contributed by atoms with Gasteiger partial charge in [-0.25, -0.2) is 8.42 Å². The maximum atomic E-state index is 12.3. The quantitative estimate of drug-likeness (QED) is 0.446. The topological polar surface area (TPSA) is 144 Å². The molecule has 0 aliphatic heterocycles. The lowest BCUT2D eigenvalue weighted by Crippen LogP contribution is -2.24. The molecule has 11 heteroatoms. The Morgan fingerprint density at radius 2 is 2.16 bits per heavy atom. The van der Waals surface area contributed by atoms with E-state index in [1.807, 2.05) is 0 Å². The predicted molar refractivity (Wildman–Crippen MR) is 88.1 cm³/mol. The zero-order valence-electron chi connectivity index (χ0n) is 13.4. The molecule has 1 amide bonds. The van der Waals surface area contributed by atoms with E-state index in [1.165, 1.54) is 26.0 Å². The smallest absolute Gasteiger partial charge is 0.307 e. The summed E-state index contributed by atoms with van der Waals surface area (Å²) in [5.41, 5.74) is -0.341. The van der Waals surface area contributed by atoms with Crippen molar-refractivity contribution in [2.75, 3.05) is 11.1 Å². The number of carbonyl (C=O) groups excluding carboxylic acids is 1. The molecule has 0 aliphatic rings. The van der Waals surface area contributed by atoms with Crippen LogP contribution in [0.3, 0.4) is 0 Å². The van der Waals surface area contributed by atoms with Gasteiger partial charge in [0, 0.05) is 0 Å². The van der Waals surface area contributed by atoms with Crippen molar-refractivity contribution >= 4 is 27.1 Å². The molecule has 1 heterocycles. The number of anilines is 1. The molecule has 0 saturated carbocycles. The van der Waals surface area contributed by atoms with Gasteiger partial charge in [-0.15, -0.1) is 0 Å². The zero-order chi connectivity index (χ0) is 18.8. The number of nitro groups is 1. The van der Waals surface area contributed by atoms with Crippen molar-refractivity contribution in [1.29, 1.82) is 0 Å². The van der Waals surface area contributed by atoms with Gasteiger partial charge in [0.1, 0.15) is 24.2 Å². The summed E-state index contributed by atoms with van der Waals surface area (Å²) in [4.78, 5) is 22.3. The minimum Gasteiger partial charge on any atom is -0.506 e. The highest BCUT2D eigenvalue weighted by molar-refractivity contribution is 7.91. The first kappa shape index (κ1) is 18.4. The van der Waals surface area contributed by atoms with Gasteiger partial charge in [-0.3, -0.25) is 19.6 Å². The number of carbonyl (C=O) groups is 1. The number of hydrogen-bond donors (Lipinski definition) is 2. The number of hydrogen-bond acceptors (Lipinski definition) is 7. The highest BCUT2D eigenvalue weighted by Gasteiger charge is 2.21. The number of amides is 1. The molecule has 10 nitrogen and oxygen atoms in total. The van der Waals surface area contributed by atoms with Gasteiger partial charge in [-0.1, -0.05) is 6.92 Å². The summed E-state index contributed by atoms with van der Waals surface area (Å²) < 4.78 is 24.9. The lowest BCUT2D eigenvalue weighted by Gasteiger charge is -2.14. The Kier molecular flexibility index (Phi) is 5.07. The second kappa shape index (κ2) is 6.89. The Labute approximate surface area is 143 Å². The fourth-order valence-corrected chi connectivity index (χ4v) is 2.87. The van der Waals surface area contributed by atoms with Crippen molar-refractivity contribution in [3.63, 3.8) is 0 Å². The number of sulfone groups is 1. The van der Waals surface area contributed by atoms with E-state index < -0.39 is 26.7 Å². The monoisotopic (exact) mass is 368 g/mol. The molecule has 1 aromatic heterocycles. The van der Waals surface area contributed by atoms with Crippen LogP contribution in [0.2, 0.25) is 0 Å². The molecule has 25 heavy (non-hydrogen) atoms. The van der Waals surface area contributed by atoms with Gasteiger partial charge in [0.25, 0.3) is 0 Å². The van der Waals surface area contributed by atoms with Crippen molar-refractivity contribution in [3.05, 3.63) is 40.7 Å². The van der Waals surface area contributed by atoms with Crippen LogP contribution < -0.4 is 5.32 Å². The second-order valence-electron chi connectivity index (χ2n) is 5.18. The number of nitrogens with one attached hydrogen (secondary N) is 1. The molecule has 0 fully saturated rings. The van der Waals surface area contributed by atoms with Gasteiger partial charge in [0.2, 0.25) is 5.91 Å². The van der Waals surface area contributed by atoms with E-state index in [4.69, 9.17) is 0 Å². The van der Waals surface area contributed by atoms with Crippen LogP contribution in [-0.4, -0.2) is 39.9 Å². The van der Waals surface area contributed by atoms with E-state index in [2.05, 4.69) is 10.4 Å². The van der Waals surface area contributed by atoms with Crippen molar-refractivity contribution in [2.24, 2.45) is 0 Å². The first-order valence-electron chi connectivity index (χ1n) is 7.21. The minimum atomic E-state index is -3.51. The summed E-state index contributed by atoms with van der Waals surface area (Å²) in [5, 5.41) is 26.6. The van der Waals surface area contributed by atoms with E-state index in [0.717, 1.165) is 23.1 Å². The Morgan fingerprint density at radius 3 is 2.72 bits per heavy atom. The summed E-state index contributed by atoms with van der Waals surface area (Å²) >= 11 is 0. The van der Waals surface area contributed by atoms with E-state index >= 15 is 0 Å². The molecule has 134 valence electrons. The number of phenolic OH excluding ortho intramolecular Hbond substituents is 1. The molecule has 0 saturated heterocycles. The van der Waals surface area contributed by atoms with Crippen molar-refractivity contribution in [1.82, 2.24) is 9.78 Å². The van der Waals surface area contributed by atoms with Gasteiger partial charge in [0.15, 0.2) is 9.84 Å². The predicted octanol–water partition coefficient (Wildman–Crippen LogP) is 1.49. The maximum Gasteiger partial charge on any atom is 0.307 e. The van der Waals surface area contributed by atoms with Gasteiger partial charge in [-0.2, -0.15) is 5.10 Å². The lowest BCUT2D eigenvalue weighted by molar-refractivity contribution is -0.385. The first-order valence-corrected chi connectivity index (χ1v) is 8.86. The van der Waals surface area contributed by atoms with Gasteiger partial charge in [0.05, 0.1) is 21.3 Å². The lowest BCUT2D eigenvalue weighted by atomic mass is 10.2. The summed E-state index contributed by atoms with van der Waals surface area (Å²) in [6, 6.07) is 2.65. The van der Waals surface area contributed by atoms with Crippen molar-refractivity contribution in [2.45, 2.75) is 24.8 Å². The molecule has 2 N–H and O–H groups in total. The van der Waals surface area contributed by atoms with Gasteiger partial charge in [-0.05, 0) is 25.1 Å². The van der Waals surface area contributed by atoms with Crippen molar-refractivity contribution < 1.29 is 23.2 Å². The highest BCUT2D eigenvalue weighted by atomic mass is 32.2. The average molecular weight is 368 g/mol. The summed E-state index contributed by atoms with van der Waals surface area (Å²) in [6.45, 7) is 2.93. The number of benzene rings is 1. The summed E-state index contributed by atoms with van der Waals surface area (Å²) in [6.07, 6.45) is 2.11. The van der Waals surface area contributed by atoms with Crippen LogP contribution in [0.25, 0.3) is 0 Å². The van der Waals surface area contributed by atoms with E-state index in [9.17, 15) is 28.4 Å². The third kappa shape index (κ3) is 3.94. The minimum absolute atomic E-state index is 0.0366. The molecule has 0 radical (unpaired) electrons. The van der Waals surface area contributed by atoms with Crippen LogP contribution in [0.1, 0.15) is 19.9 Å². The standard InChI is InChI=1S/C14H16N4O6S/c1-3-25(23,24)11-4-5-13(19)12(6-11)16-14(20)9(2)17-8-10(7-15-17)18(21)22/h4-9,19H,3H2,1-2H3,(H,16,20). The molecule has 1 aromatic carbocycles. The van der Waals surface area contributed by atoms with E-state index in [0.29, 0.717) is 0 Å². The molecule has 0 aliphatic carbocycles. The molecule has 1 atom stereocenters. The summed E-state index contributed by atoms with van der Waals surface area (Å²) in [5.74, 6) is -1.06. The van der Waals surface area contributed by atoms with Crippen LogP contribution in [0, 0.1) is 10.1 Å². The number of rotatable bonds is 6. The fraction of sp³-hybridized carbons (Fsp3) is 0.286. The molecular formula is C14H16N4O6S. The largest absolute Gasteiger partial charge is 0.506 e. The van der Waals surface area contributed by atoms with Crippen LogP contribution in [0.5, 0.6) is 5.75 Å². The first-order chi connectivity index (χ1) is 11.7. The second-order valence-corrected chi connectivity index (χ2v) is 7.46. The Bertz CT molecular complexity index is 921. The molecule has 2 aromatic rings. The molecule has 0 bridgehead atoms. The normalized spacial score (nSPS) is 12.6. The fourth-order valence-electron chi connectivity index (χ4n) is 1.97. The molecule has 0 spiro atoms. The van der Waals surface area contributed by atoms with E-state index in [-0.39, 0.29) is 27.8 Å². The number of nitrogens with zero attached hydrogens (tertiary/aromatic N) is 3. The van der Waals surface area contributed by atoms with Crippen LogP contribution in [0.15, 0.2) is 35.5 Å². The highest BCUT2D eigenvalue weighted by Crippen LogP contribution is 2.27. The number of aromatic nitrogens is 2. The third-order valence-corrected chi connectivity index (χ3v) is 5.27. The Hall–Kier alpha value is -2.95. The average Bonchev–Trinajstić information content (AvgIpc) is 3.06. The van der Waals surface area contributed by atoms with Crippen LogP contribution >= 0.6 is 0 Å². The maximum absolute atomic E-state index is 12.3. The zero-order valence-corrected chi connectivity index (χ0v) is 14.2. The Balaban J connectivity index is 2.24. The third-order valence-electron chi connectivity index (χ3n) is 3.54. The van der Waals surface area contributed by atoms with Crippen LogP contribution in [-0.2, 0) is 14.6 Å². The molecule has 2 rings (SSSR count). The molecule has 1 unspecified atom stereocenters. The van der Waals surface area contributed by atoms with Crippen LogP contribution in [0.4, 0.5) is 11.4 Å². The molecular weight excluding hydrogens is 352 g/mol. The number of phenols is 1. The van der Waals surface area contributed by atoms with Gasteiger partial charge >= 0.3 is 5.69 Å². The van der Waals surface area contributed by atoms with Crippen molar-refractivity contribution in [3.8, 4) is 5.75 Å². The van der Waals surface area contributed by atoms with Gasteiger partial charge < -0.3 is 10.4 Å². The van der Waals surface area contributed by atoms with E-state index in [1.54, 1.807) is 0 Å².